The second-order valence-electron chi connectivity index (χ2n) is 7.82. The lowest BCUT2D eigenvalue weighted by Crippen LogP contribution is -2.36. The van der Waals surface area contributed by atoms with Gasteiger partial charge in [0.2, 0.25) is 0 Å². The lowest BCUT2D eigenvalue weighted by molar-refractivity contribution is 0.0789. The van der Waals surface area contributed by atoms with Crippen molar-refractivity contribution in [3.63, 3.8) is 0 Å². The number of furan rings is 1. The SMILES string of the molecule is Cc1cc(C(=O)N2CCC(c3nc4ccc(N5CCOCC5)cn4n3)C2)c(C)o1. The van der Waals surface area contributed by atoms with Gasteiger partial charge in [-0.05, 0) is 38.5 Å². The second-order valence-corrected chi connectivity index (χ2v) is 7.82. The largest absolute Gasteiger partial charge is 0.466 e. The van der Waals surface area contributed by atoms with Crippen LogP contribution in [-0.2, 0) is 4.74 Å². The number of likely N-dealkylation sites (tertiary alicyclic amines) is 1. The Labute approximate surface area is 169 Å². The number of nitrogens with zero attached hydrogens (tertiary/aromatic N) is 5. The minimum absolute atomic E-state index is 0.0280. The van der Waals surface area contributed by atoms with Crippen molar-refractivity contribution in [2.24, 2.45) is 0 Å². The summed E-state index contributed by atoms with van der Waals surface area (Å²) in [7, 11) is 0. The molecular formula is C21H25N5O3. The van der Waals surface area contributed by atoms with Crippen LogP contribution in [0.15, 0.2) is 28.8 Å². The number of hydrogen-bond donors (Lipinski definition) is 0. The summed E-state index contributed by atoms with van der Waals surface area (Å²) in [5.74, 6) is 2.43. The maximum Gasteiger partial charge on any atom is 0.257 e. The number of aryl methyl sites for hydroxylation is 2. The van der Waals surface area contributed by atoms with E-state index >= 15 is 0 Å². The highest BCUT2D eigenvalue weighted by Gasteiger charge is 2.32. The fourth-order valence-corrected chi connectivity index (χ4v) is 4.24. The number of amides is 1. The van der Waals surface area contributed by atoms with Gasteiger partial charge in [-0.1, -0.05) is 0 Å². The van der Waals surface area contributed by atoms with Gasteiger partial charge in [0.25, 0.3) is 5.91 Å². The molecule has 5 heterocycles. The van der Waals surface area contributed by atoms with E-state index in [1.165, 1.54) is 0 Å². The highest BCUT2D eigenvalue weighted by molar-refractivity contribution is 5.95. The maximum absolute atomic E-state index is 12.9. The number of ether oxygens (including phenoxy) is 1. The summed E-state index contributed by atoms with van der Waals surface area (Å²) in [6.07, 6.45) is 2.90. The van der Waals surface area contributed by atoms with Gasteiger partial charge in [-0.25, -0.2) is 9.50 Å². The summed E-state index contributed by atoms with van der Waals surface area (Å²) in [4.78, 5) is 21.8. The van der Waals surface area contributed by atoms with Crippen LogP contribution in [0.1, 0.15) is 40.0 Å². The number of rotatable bonds is 3. The van der Waals surface area contributed by atoms with Crippen LogP contribution in [0.5, 0.6) is 0 Å². The molecule has 1 unspecified atom stereocenters. The van der Waals surface area contributed by atoms with Gasteiger partial charge in [-0.2, -0.15) is 5.10 Å². The number of aromatic nitrogens is 3. The molecule has 0 saturated carbocycles. The maximum atomic E-state index is 12.9. The minimum Gasteiger partial charge on any atom is -0.466 e. The van der Waals surface area contributed by atoms with E-state index in [1.54, 1.807) is 0 Å². The van der Waals surface area contributed by atoms with E-state index in [2.05, 4.69) is 11.0 Å². The molecule has 3 aromatic rings. The average Bonchev–Trinajstić information content (AvgIpc) is 3.45. The van der Waals surface area contributed by atoms with Crippen molar-refractivity contribution in [1.29, 1.82) is 0 Å². The van der Waals surface area contributed by atoms with E-state index in [0.29, 0.717) is 24.4 Å². The van der Waals surface area contributed by atoms with Crippen LogP contribution in [0.2, 0.25) is 0 Å². The topological polar surface area (TPSA) is 76.1 Å². The van der Waals surface area contributed by atoms with Crippen LogP contribution in [0.4, 0.5) is 5.69 Å². The number of hydrogen-bond acceptors (Lipinski definition) is 6. The van der Waals surface area contributed by atoms with Gasteiger partial charge in [-0.3, -0.25) is 4.79 Å². The van der Waals surface area contributed by atoms with Crippen molar-refractivity contribution < 1.29 is 13.9 Å². The van der Waals surface area contributed by atoms with Crippen molar-refractivity contribution in [2.45, 2.75) is 26.2 Å². The second kappa shape index (κ2) is 7.18. The third-order valence-corrected chi connectivity index (χ3v) is 5.82. The number of anilines is 1. The van der Waals surface area contributed by atoms with Gasteiger partial charge in [-0.15, -0.1) is 0 Å². The Bertz CT molecular complexity index is 1050. The van der Waals surface area contributed by atoms with Crippen LogP contribution in [0.3, 0.4) is 0 Å². The summed E-state index contributed by atoms with van der Waals surface area (Å²) in [5.41, 5.74) is 2.62. The predicted molar refractivity (Wildman–Crippen MR) is 107 cm³/mol. The number of fused-ring (bicyclic) bond motifs is 1. The quantitative estimate of drug-likeness (QED) is 0.678. The van der Waals surface area contributed by atoms with Crippen molar-refractivity contribution >= 4 is 17.2 Å². The number of carbonyl (C=O) groups is 1. The molecule has 5 rings (SSSR count). The molecule has 152 valence electrons. The van der Waals surface area contributed by atoms with Crippen LogP contribution >= 0.6 is 0 Å². The summed E-state index contributed by atoms with van der Waals surface area (Å²) < 4.78 is 12.8. The minimum atomic E-state index is 0.0280. The molecule has 0 N–H and O–H groups in total. The Morgan fingerprint density at radius 2 is 2.00 bits per heavy atom. The highest BCUT2D eigenvalue weighted by atomic mass is 16.5. The fraction of sp³-hybridized carbons (Fsp3) is 0.476. The average molecular weight is 395 g/mol. The molecule has 0 radical (unpaired) electrons. The zero-order chi connectivity index (χ0) is 20.0. The van der Waals surface area contributed by atoms with Gasteiger partial charge < -0.3 is 19.0 Å². The van der Waals surface area contributed by atoms with Crippen molar-refractivity contribution in [1.82, 2.24) is 19.5 Å². The Hall–Kier alpha value is -2.87. The standard InChI is InChI=1S/C21H25N5O3/c1-14-11-18(15(2)29-14)21(27)25-6-5-16(12-25)20-22-19-4-3-17(13-26(19)23-20)24-7-9-28-10-8-24/h3-4,11,13,16H,5-10,12H2,1-2H3. The molecular weight excluding hydrogens is 370 g/mol. The van der Waals surface area contributed by atoms with Crippen LogP contribution < -0.4 is 4.90 Å². The lowest BCUT2D eigenvalue weighted by atomic mass is 10.1. The third kappa shape index (κ3) is 3.37. The third-order valence-electron chi connectivity index (χ3n) is 5.82. The smallest absolute Gasteiger partial charge is 0.257 e. The number of carbonyl (C=O) groups excluding carboxylic acids is 1. The Kier molecular flexibility index (Phi) is 4.50. The molecule has 2 fully saturated rings. The summed E-state index contributed by atoms with van der Waals surface area (Å²) in [6, 6.07) is 5.92. The van der Waals surface area contributed by atoms with Crippen LogP contribution in [-0.4, -0.2) is 64.8 Å². The van der Waals surface area contributed by atoms with Crippen LogP contribution in [0.25, 0.3) is 5.65 Å². The summed E-state index contributed by atoms with van der Waals surface area (Å²) in [5, 5.41) is 4.73. The van der Waals surface area contributed by atoms with Crippen molar-refractivity contribution in [2.75, 3.05) is 44.3 Å². The molecule has 1 atom stereocenters. The zero-order valence-electron chi connectivity index (χ0n) is 16.8. The molecule has 0 spiro atoms. The van der Waals surface area contributed by atoms with Gasteiger partial charge in [0.15, 0.2) is 11.5 Å². The predicted octanol–water partition coefficient (Wildman–Crippen LogP) is 2.41. The van der Waals surface area contributed by atoms with Gasteiger partial charge in [0.05, 0.1) is 30.7 Å². The van der Waals surface area contributed by atoms with E-state index < -0.39 is 0 Å². The first-order valence-electron chi connectivity index (χ1n) is 10.1. The molecule has 2 aliphatic rings. The van der Waals surface area contributed by atoms with E-state index in [4.69, 9.17) is 19.2 Å². The van der Waals surface area contributed by atoms with Crippen molar-refractivity contribution in [3.05, 3.63) is 47.3 Å². The fourth-order valence-electron chi connectivity index (χ4n) is 4.24. The lowest BCUT2D eigenvalue weighted by Gasteiger charge is -2.28. The molecule has 0 aliphatic carbocycles. The first kappa shape index (κ1) is 18.2. The molecule has 2 aliphatic heterocycles. The normalized spacial score (nSPS) is 20.0. The van der Waals surface area contributed by atoms with E-state index in [9.17, 15) is 4.79 Å². The molecule has 0 aromatic carbocycles. The van der Waals surface area contributed by atoms with Crippen molar-refractivity contribution in [3.8, 4) is 0 Å². The summed E-state index contributed by atoms with van der Waals surface area (Å²) in [6.45, 7) is 8.33. The van der Waals surface area contributed by atoms with Crippen LogP contribution in [0, 0.1) is 13.8 Å². The molecule has 2 saturated heterocycles. The Morgan fingerprint density at radius 3 is 2.76 bits per heavy atom. The van der Waals surface area contributed by atoms with Gasteiger partial charge in [0, 0.05) is 32.1 Å². The summed E-state index contributed by atoms with van der Waals surface area (Å²) >= 11 is 0. The van der Waals surface area contributed by atoms with Gasteiger partial charge in [0.1, 0.15) is 11.5 Å². The van der Waals surface area contributed by atoms with E-state index in [1.807, 2.05) is 41.6 Å². The Balaban J connectivity index is 1.33. The molecule has 0 bridgehead atoms. The molecule has 8 heteroatoms. The van der Waals surface area contributed by atoms with E-state index in [0.717, 1.165) is 55.6 Å². The molecule has 8 nitrogen and oxygen atoms in total. The monoisotopic (exact) mass is 395 g/mol. The highest BCUT2D eigenvalue weighted by Crippen LogP contribution is 2.28. The number of pyridine rings is 1. The first-order valence-corrected chi connectivity index (χ1v) is 10.1. The first-order chi connectivity index (χ1) is 14.1. The van der Waals surface area contributed by atoms with Gasteiger partial charge >= 0.3 is 0 Å². The number of morpholine rings is 1. The molecule has 3 aromatic heterocycles. The Morgan fingerprint density at radius 1 is 1.17 bits per heavy atom. The molecule has 1 amide bonds. The van der Waals surface area contributed by atoms with E-state index in [-0.39, 0.29) is 11.8 Å². The molecule has 29 heavy (non-hydrogen) atoms. The zero-order valence-corrected chi connectivity index (χ0v) is 16.8.